The van der Waals surface area contributed by atoms with Gasteiger partial charge in [-0.1, -0.05) is 0 Å². The monoisotopic (exact) mass is 816 g/mol. The Morgan fingerprint density at radius 1 is 0.391 bits per heavy atom. The number of thioether (sulfide) groups is 2. The molecule has 6 aliphatic heterocycles. The molecular formula is C22H40O14S2Si8. The fraction of sp³-hybridized carbons (Fsp3) is 0.455. The second-order valence-corrected chi connectivity index (χ2v) is 36.0. The molecule has 14 nitrogen and oxygen atoms in total. The highest BCUT2D eigenvalue weighted by Gasteiger charge is 2.81. The van der Waals surface area contributed by atoms with Crippen molar-refractivity contribution in [1.82, 2.24) is 0 Å². The zero-order chi connectivity index (χ0) is 33.2. The maximum atomic E-state index is 9.31. The van der Waals surface area contributed by atoms with E-state index in [1.807, 2.05) is 0 Å². The third-order valence-corrected chi connectivity index (χ3v) is 42.5. The molecule has 8 bridgehead atoms. The predicted octanol–water partition coefficient (Wildman–Crippen LogP) is 2.35. The van der Waals surface area contributed by atoms with Gasteiger partial charge in [-0.2, -0.15) is 23.5 Å². The third kappa shape index (κ3) is 7.36. The van der Waals surface area contributed by atoms with Crippen LogP contribution in [0.2, 0.25) is 12.1 Å². The number of hydrogen-bond acceptors (Lipinski definition) is 16. The lowest BCUT2D eigenvalue weighted by atomic mass is 10.5. The van der Waals surface area contributed by atoms with E-state index in [0.717, 1.165) is 0 Å². The average molecular weight is 817 g/mol. The minimum absolute atomic E-state index is 0.0681. The average Bonchev–Trinajstić information content (AvgIpc) is 3.00. The molecule has 0 aromatic heterocycles. The Kier molecular flexibility index (Phi) is 11.8. The number of aliphatic hydroxyl groups is 2. The zero-order valence-corrected chi connectivity index (χ0v) is 35.0. The molecule has 6 fully saturated rings. The molecule has 0 aromatic carbocycles. The van der Waals surface area contributed by atoms with Crippen LogP contribution < -0.4 is 0 Å². The highest BCUT2D eigenvalue weighted by atomic mass is 32.2. The maximum Gasteiger partial charge on any atom is 0.507 e. The molecule has 24 heteroatoms. The first-order valence-corrected chi connectivity index (χ1v) is 31.6. The Morgan fingerprint density at radius 3 is 0.870 bits per heavy atom. The van der Waals surface area contributed by atoms with Gasteiger partial charge in [-0.05, 0) is 70.0 Å². The Morgan fingerprint density at radius 2 is 0.630 bits per heavy atom. The van der Waals surface area contributed by atoms with Crippen molar-refractivity contribution < 1.29 is 59.6 Å². The molecule has 0 atom stereocenters. The number of hydrogen-bond donors (Lipinski definition) is 2. The summed E-state index contributed by atoms with van der Waals surface area (Å²) in [6.07, 6.45) is 1.22. The predicted molar refractivity (Wildman–Crippen MR) is 188 cm³/mol. The highest BCUT2D eigenvalue weighted by Crippen LogP contribution is 2.51. The van der Waals surface area contributed by atoms with Crippen LogP contribution >= 0.6 is 23.5 Å². The van der Waals surface area contributed by atoms with Crippen molar-refractivity contribution in [2.75, 3.05) is 36.2 Å². The molecule has 0 spiro atoms. The van der Waals surface area contributed by atoms with Gasteiger partial charge in [-0.3, -0.25) is 0 Å². The Hall–Kier alpha value is 0.315. The standard InChI is InChI=1S/C22H40O14S2Si8/c1-7-39-25-41(9-3)27-40(8-2)28-42(10-4,26-39)32-46(22-20-38-18-14-16-24)34-43(11-5,29-39)33-45(31-41,21-19-37-17-13-15-23)35-44(12-6,30-40)36-46/h7-12,23-24H,1-6,13-22H2. The van der Waals surface area contributed by atoms with Crippen LogP contribution in [0.5, 0.6) is 0 Å². The van der Waals surface area contributed by atoms with Crippen LogP contribution in [-0.4, -0.2) is 117 Å². The van der Waals surface area contributed by atoms with Crippen LogP contribution in [0.15, 0.2) is 73.7 Å². The molecule has 6 saturated heterocycles. The Labute approximate surface area is 286 Å². The summed E-state index contributed by atoms with van der Waals surface area (Å²) >= 11 is 3.17. The molecule has 0 amide bonds. The summed E-state index contributed by atoms with van der Waals surface area (Å²) < 4.78 is 82.6. The van der Waals surface area contributed by atoms with E-state index in [1.165, 1.54) is 34.2 Å². The second-order valence-electron chi connectivity index (χ2n) is 10.3. The van der Waals surface area contributed by atoms with E-state index in [9.17, 15) is 10.2 Å². The lowest BCUT2D eigenvalue weighted by molar-refractivity contribution is -0.0116. The molecule has 46 heavy (non-hydrogen) atoms. The van der Waals surface area contributed by atoms with Crippen LogP contribution in [0.25, 0.3) is 0 Å². The van der Waals surface area contributed by atoms with Gasteiger partial charge in [0.25, 0.3) is 0 Å². The minimum atomic E-state index is -4.17. The van der Waals surface area contributed by atoms with Gasteiger partial charge in [-0.25, -0.2) is 0 Å². The first-order valence-electron chi connectivity index (χ1n) is 14.6. The summed E-state index contributed by atoms with van der Waals surface area (Å²) in [5.74, 6) is 2.40. The van der Waals surface area contributed by atoms with Gasteiger partial charge in [0, 0.05) is 25.3 Å². The van der Waals surface area contributed by atoms with E-state index in [1.54, 1.807) is 23.5 Å². The summed E-state index contributed by atoms with van der Waals surface area (Å²) in [5.41, 5.74) is 8.58. The molecule has 0 radical (unpaired) electrons. The van der Waals surface area contributed by atoms with E-state index >= 15 is 0 Å². The highest BCUT2D eigenvalue weighted by molar-refractivity contribution is 7.99. The van der Waals surface area contributed by atoms with Crippen molar-refractivity contribution in [1.29, 1.82) is 0 Å². The molecule has 6 heterocycles. The van der Waals surface area contributed by atoms with E-state index in [2.05, 4.69) is 39.5 Å². The van der Waals surface area contributed by atoms with Crippen LogP contribution in [0.1, 0.15) is 12.8 Å². The number of rotatable bonds is 18. The first kappa shape index (κ1) is 37.6. The fourth-order valence-corrected chi connectivity index (χ4v) is 50.6. The largest absolute Gasteiger partial charge is 0.507 e. The van der Waals surface area contributed by atoms with Gasteiger partial charge in [-0.15, -0.1) is 39.5 Å². The van der Waals surface area contributed by atoms with Crippen molar-refractivity contribution in [3.05, 3.63) is 73.7 Å². The van der Waals surface area contributed by atoms with Crippen LogP contribution in [-0.2, 0) is 49.4 Å². The molecular weight excluding hydrogens is 777 g/mol. The molecule has 6 aliphatic rings. The van der Waals surface area contributed by atoms with Crippen molar-refractivity contribution in [2.45, 2.75) is 24.9 Å². The zero-order valence-electron chi connectivity index (χ0n) is 25.4. The molecule has 0 saturated carbocycles. The SMILES string of the molecule is C=C[Si]12O[Si]3(C=C)O[Si]4(C=C)O[Si](C=C)(O1)O[Si]1(CCSCCCO)O[Si](C=C)(O2)O[Si](CCSCCCO)(O3)O[Si](C=C)(O4)O1. The lowest BCUT2D eigenvalue weighted by Gasteiger charge is -2.61. The summed E-state index contributed by atoms with van der Waals surface area (Å²) in [6, 6.07) is 0.460. The number of aliphatic hydroxyl groups excluding tert-OH is 2. The Balaban J connectivity index is 1.74. The summed E-state index contributed by atoms with van der Waals surface area (Å²) in [6.45, 7) is 24.3. The van der Waals surface area contributed by atoms with E-state index < -0.39 is 70.4 Å². The van der Waals surface area contributed by atoms with Gasteiger partial charge in [0.2, 0.25) is 0 Å². The van der Waals surface area contributed by atoms with E-state index in [0.29, 0.717) is 35.9 Å². The van der Waals surface area contributed by atoms with Crippen LogP contribution in [0.4, 0.5) is 0 Å². The van der Waals surface area contributed by atoms with Crippen LogP contribution in [0, 0.1) is 0 Å². The van der Waals surface area contributed by atoms with Gasteiger partial charge in [0.05, 0.1) is 0 Å². The van der Waals surface area contributed by atoms with Gasteiger partial charge >= 0.3 is 70.4 Å². The van der Waals surface area contributed by atoms with Crippen molar-refractivity contribution in [2.24, 2.45) is 0 Å². The molecule has 0 aromatic rings. The van der Waals surface area contributed by atoms with Crippen molar-refractivity contribution >= 4 is 94.0 Å². The van der Waals surface area contributed by atoms with E-state index in [-0.39, 0.29) is 25.3 Å². The van der Waals surface area contributed by atoms with Crippen molar-refractivity contribution in [3.8, 4) is 0 Å². The summed E-state index contributed by atoms with van der Waals surface area (Å²) in [7, 11) is -33.1. The minimum Gasteiger partial charge on any atom is -0.396 e. The van der Waals surface area contributed by atoms with E-state index in [4.69, 9.17) is 49.4 Å². The summed E-state index contributed by atoms with van der Waals surface area (Å²) in [5, 5.41) is 18.6. The molecule has 0 aliphatic carbocycles. The van der Waals surface area contributed by atoms with Crippen LogP contribution in [0.3, 0.4) is 0 Å². The van der Waals surface area contributed by atoms with Gasteiger partial charge in [0.1, 0.15) is 0 Å². The third-order valence-electron chi connectivity index (χ3n) is 6.99. The van der Waals surface area contributed by atoms with Gasteiger partial charge < -0.3 is 59.6 Å². The normalized spacial score (nSPS) is 44.2. The van der Waals surface area contributed by atoms with Crippen molar-refractivity contribution in [3.63, 3.8) is 0 Å². The molecule has 2 N–H and O–H groups in total. The quantitative estimate of drug-likeness (QED) is 0.154. The lowest BCUT2D eigenvalue weighted by Crippen LogP contribution is -2.87. The van der Waals surface area contributed by atoms with Gasteiger partial charge in [0.15, 0.2) is 0 Å². The first-order chi connectivity index (χ1) is 22.0. The summed E-state index contributed by atoms with van der Waals surface area (Å²) in [4.78, 5) is 0. The molecule has 6 rings (SSSR count). The maximum absolute atomic E-state index is 9.31. The molecule has 256 valence electrons. The topological polar surface area (TPSA) is 151 Å². The fourth-order valence-electron chi connectivity index (χ4n) is 4.98. The second kappa shape index (κ2) is 14.5. The molecule has 0 unspecified atom stereocenters. The smallest absolute Gasteiger partial charge is 0.396 e. The Bertz CT molecular complexity index is 1100.